The molecule has 0 saturated carbocycles. The molecular weight excluding hydrogens is 390 g/mol. The molecule has 6 heteroatoms. The highest BCUT2D eigenvalue weighted by atomic mass is 16.6. The van der Waals surface area contributed by atoms with E-state index < -0.39 is 6.04 Å². The molecule has 2 aliphatic rings. The Kier molecular flexibility index (Phi) is 4.97. The number of nitrogens with one attached hydrogen (secondary N) is 1. The van der Waals surface area contributed by atoms with Gasteiger partial charge in [-0.15, -0.1) is 0 Å². The van der Waals surface area contributed by atoms with E-state index in [9.17, 15) is 10.1 Å². The Bertz CT molecular complexity index is 1110. The summed E-state index contributed by atoms with van der Waals surface area (Å²) >= 11 is 0. The Morgan fingerprint density at radius 3 is 2.61 bits per heavy atom. The summed E-state index contributed by atoms with van der Waals surface area (Å²) in [4.78, 5) is 18.5. The summed E-state index contributed by atoms with van der Waals surface area (Å²) in [5.41, 5.74) is 4.81. The molecule has 0 bridgehead atoms. The maximum Gasteiger partial charge on any atom is 0.235 e. The lowest BCUT2D eigenvalue weighted by Gasteiger charge is -2.51. The Labute approximate surface area is 182 Å². The van der Waals surface area contributed by atoms with Gasteiger partial charge >= 0.3 is 0 Å². The zero-order valence-corrected chi connectivity index (χ0v) is 18.2. The van der Waals surface area contributed by atoms with E-state index in [2.05, 4.69) is 48.0 Å². The molecular formula is C25H29N3O3. The summed E-state index contributed by atoms with van der Waals surface area (Å²) in [6.07, 6.45) is 1.69. The molecule has 0 aliphatic carbocycles. The minimum Gasteiger partial charge on any atom is -0.497 e. The van der Waals surface area contributed by atoms with Crippen LogP contribution in [0.2, 0.25) is 0 Å². The molecule has 0 amide bonds. The predicted molar refractivity (Wildman–Crippen MR) is 121 cm³/mol. The lowest BCUT2D eigenvalue weighted by molar-refractivity contribution is -0.542. The number of H-pyrrole nitrogens is 1. The number of nitro groups is 1. The van der Waals surface area contributed by atoms with Crippen molar-refractivity contribution in [3.8, 4) is 5.75 Å². The molecule has 1 saturated heterocycles. The standard InChI is InChI=1S/C25H29N3O3/c1-4-21-25(28(29)30)22(16-9-11-17(31-3)12-10-16)15(2)24-23-19(13-14-27(21)24)18-7-5-6-8-20(18)26-23/h5-12,15,21-22,24-26H,4,13-14H2,1-3H3/t15-,21+,22+,24-,25-/m1/s1. The van der Waals surface area contributed by atoms with Crippen molar-refractivity contribution in [2.45, 2.75) is 50.7 Å². The van der Waals surface area contributed by atoms with Crippen molar-refractivity contribution >= 4 is 10.9 Å². The maximum atomic E-state index is 12.4. The van der Waals surface area contributed by atoms with Crippen molar-refractivity contribution in [2.75, 3.05) is 13.7 Å². The van der Waals surface area contributed by atoms with Gasteiger partial charge in [-0.3, -0.25) is 15.0 Å². The number of nitrogens with zero attached hydrogens (tertiary/aromatic N) is 2. The van der Waals surface area contributed by atoms with Gasteiger partial charge in [0.15, 0.2) is 0 Å². The molecule has 0 unspecified atom stereocenters. The van der Waals surface area contributed by atoms with Gasteiger partial charge in [-0.1, -0.05) is 44.2 Å². The van der Waals surface area contributed by atoms with E-state index in [-0.39, 0.29) is 28.8 Å². The quantitative estimate of drug-likeness (QED) is 0.481. The first-order valence-electron chi connectivity index (χ1n) is 11.2. The number of aromatic nitrogens is 1. The van der Waals surface area contributed by atoms with Gasteiger partial charge in [0, 0.05) is 28.1 Å². The number of para-hydroxylation sites is 1. The molecule has 2 aromatic carbocycles. The number of hydrogen-bond donors (Lipinski definition) is 1. The van der Waals surface area contributed by atoms with Crippen LogP contribution in [0.15, 0.2) is 48.5 Å². The van der Waals surface area contributed by atoms with Crippen molar-refractivity contribution in [1.82, 2.24) is 9.88 Å². The first-order chi connectivity index (χ1) is 15.0. The molecule has 162 valence electrons. The number of ether oxygens (including phenoxy) is 1. The van der Waals surface area contributed by atoms with Gasteiger partial charge in [0.1, 0.15) is 5.75 Å². The second kappa shape index (κ2) is 7.68. The number of aromatic amines is 1. The maximum absolute atomic E-state index is 12.4. The van der Waals surface area contributed by atoms with Gasteiger partial charge in [-0.05, 0) is 48.1 Å². The molecule has 3 aromatic rings. The van der Waals surface area contributed by atoms with Gasteiger partial charge in [-0.2, -0.15) is 0 Å². The molecule has 5 atom stereocenters. The number of rotatable bonds is 4. The molecule has 0 radical (unpaired) electrons. The van der Waals surface area contributed by atoms with Crippen LogP contribution >= 0.6 is 0 Å². The summed E-state index contributed by atoms with van der Waals surface area (Å²) in [6.45, 7) is 5.14. The minimum absolute atomic E-state index is 0.0312. The van der Waals surface area contributed by atoms with Gasteiger partial charge in [-0.25, -0.2) is 0 Å². The van der Waals surface area contributed by atoms with Crippen molar-refractivity contribution in [3.63, 3.8) is 0 Å². The lowest BCUT2D eigenvalue weighted by Crippen LogP contribution is -2.60. The average molecular weight is 420 g/mol. The number of methoxy groups -OCH3 is 1. The van der Waals surface area contributed by atoms with Crippen molar-refractivity contribution < 1.29 is 9.66 Å². The molecule has 1 fully saturated rings. The molecule has 1 aromatic heterocycles. The second-order valence-electron chi connectivity index (χ2n) is 8.91. The van der Waals surface area contributed by atoms with Crippen molar-refractivity contribution in [2.24, 2.45) is 5.92 Å². The summed E-state index contributed by atoms with van der Waals surface area (Å²) < 4.78 is 5.32. The van der Waals surface area contributed by atoms with E-state index in [1.54, 1.807) is 7.11 Å². The number of piperidine rings is 1. The van der Waals surface area contributed by atoms with E-state index in [1.807, 2.05) is 24.3 Å². The summed E-state index contributed by atoms with van der Waals surface area (Å²) in [7, 11) is 1.64. The van der Waals surface area contributed by atoms with Gasteiger partial charge in [0.2, 0.25) is 6.04 Å². The molecule has 2 aliphatic heterocycles. The van der Waals surface area contributed by atoms with Gasteiger partial charge in [0.05, 0.1) is 25.1 Å². The normalized spacial score (nSPS) is 28.2. The zero-order chi connectivity index (χ0) is 21.7. The summed E-state index contributed by atoms with van der Waals surface area (Å²) in [5.74, 6) is 0.706. The highest BCUT2D eigenvalue weighted by molar-refractivity contribution is 5.85. The smallest absolute Gasteiger partial charge is 0.235 e. The number of fused-ring (bicyclic) bond motifs is 5. The van der Waals surface area contributed by atoms with Crippen molar-refractivity contribution in [3.05, 3.63) is 75.5 Å². The first kappa shape index (κ1) is 20.1. The number of benzene rings is 2. The third kappa shape index (κ3) is 3.04. The zero-order valence-electron chi connectivity index (χ0n) is 18.2. The fourth-order valence-electron chi connectivity index (χ4n) is 6.24. The van der Waals surface area contributed by atoms with E-state index in [4.69, 9.17) is 4.74 Å². The first-order valence-corrected chi connectivity index (χ1v) is 11.2. The van der Waals surface area contributed by atoms with Crippen LogP contribution in [-0.4, -0.2) is 40.5 Å². The summed E-state index contributed by atoms with van der Waals surface area (Å²) in [5, 5.41) is 13.7. The molecule has 5 rings (SSSR count). The predicted octanol–water partition coefficient (Wildman–Crippen LogP) is 4.93. The van der Waals surface area contributed by atoms with Gasteiger partial charge in [0.25, 0.3) is 0 Å². The number of hydrogen-bond acceptors (Lipinski definition) is 4. The minimum atomic E-state index is -0.629. The van der Waals surface area contributed by atoms with Crippen LogP contribution in [-0.2, 0) is 6.42 Å². The van der Waals surface area contributed by atoms with Crippen molar-refractivity contribution in [1.29, 1.82) is 0 Å². The fraction of sp³-hybridized carbons (Fsp3) is 0.440. The Morgan fingerprint density at radius 2 is 1.94 bits per heavy atom. The highest BCUT2D eigenvalue weighted by Gasteiger charge is 2.55. The summed E-state index contributed by atoms with van der Waals surface area (Å²) in [6, 6.07) is 15.7. The molecule has 3 heterocycles. The van der Waals surface area contributed by atoms with Crippen LogP contribution in [0, 0.1) is 16.0 Å². The topological polar surface area (TPSA) is 71.4 Å². The van der Waals surface area contributed by atoms with E-state index >= 15 is 0 Å². The van der Waals surface area contributed by atoms with Crippen LogP contribution in [0.5, 0.6) is 5.75 Å². The monoisotopic (exact) mass is 419 g/mol. The average Bonchev–Trinajstić information content (AvgIpc) is 3.17. The molecule has 31 heavy (non-hydrogen) atoms. The van der Waals surface area contributed by atoms with Crippen LogP contribution in [0.4, 0.5) is 0 Å². The Balaban J connectivity index is 1.65. The largest absolute Gasteiger partial charge is 0.497 e. The second-order valence-corrected chi connectivity index (χ2v) is 8.91. The third-order valence-corrected chi connectivity index (χ3v) is 7.53. The van der Waals surface area contributed by atoms with Crippen LogP contribution < -0.4 is 4.74 Å². The van der Waals surface area contributed by atoms with Crippen LogP contribution in [0.25, 0.3) is 10.9 Å². The molecule has 0 spiro atoms. The SMILES string of the molecule is CC[C@H]1[C@@H]([N+](=O)[O-])[C@H](c2ccc(OC)cc2)[C@@H](C)[C@@H]2c3[nH]c4ccccc4c3CCN12. The van der Waals surface area contributed by atoms with Gasteiger partial charge < -0.3 is 9.72 Å². The Morgan fingerprint density at radius 1 is 1.19 bits per heavy atom. The molecule has 1 N–H and O–H groups in total. The molecule has 6 nitrogen and oxygen atoms in total. The highest BCUT2D eigenvalue weighted by Crippen LogP contribution is 2.51. The van der Waals surface area contributed by atoms with E-state index in [1.165, 1.54) is 16.6 Å². The Hall–Kier alpha value is -2.86. The van der Waals surface area contributed by atoms with Crippen LogP contribution in [0.3, 0.4) is 0 Å². The third-order valence-electron chi connectivity index (χ3n) is 7.53. The van der Waals surface area contributed by atoms with E-state index in [0.717, 1.165) is 36.2 Å². The van der Waals surface area contributed by atoms with E-state index in [0.29, 0.717) is 0 Å². The van der Waals surface area contributed by atoms with Crippen LogP contribution in [0.1, 0.15) is 49.0 Å². The fourth-order valence-corrected chi connectivity index (χ4v) is 6.24. The lowest BCUT2D eigenvalue weighted by atomic mass is 9.68.